The van der Waals surface area contributed by atoms with Gasteiger partial charge in [-0.2, -0.15) is 0 Å². The fourth-order valence-corrected chi connectivity index (χ4v) is 4.30. The zero-order chi connectivity index (χ0) is 23.2. The minimum Gasteiger partial charge on any atom is -0.491 e. The monoisotopic (exact) mass is 484 g/mol. The summed E-state index contributed by atoms with van der Waals surface area (Å²) in [6.07, 6.45) is -0.614. The molecule has 172 valence electrons. The van der Waals surface area contributed by atoms with Crippen LogP contribution in [-0.2, 0) is 0 Å². The Hall–Kier alpha value is -2.57. The van der Waals surface area contributed by atoms with Gasteiger partial charge in [0.25, 0.3) is 0 Å². The minimum atomic E-state index is -0.614. The number of rotatable bonds is 8. The van der Waals surface area contributed by atoms with Crippen LogP contribution < -0.4 is 9.64 Å². The van der Waals surface area contributed by atoms with E-state index in [1.165, 1.54) is 0 Å². The molecule has 1 heterocycles. The summed E-state index contributed by atoms with van der Waals surface area (Å²) in [7, 11) is 0. The van der Waals surface area contributed by atoms with E-state index in [2.05, 4.69) is 9.80 Å². The lowest BCUT2D eigenvalue weighted by molar-refractivity contribution is 0.0663. The molecule has 0 spiro atoms. The highest BCUT2D eigenvalue weighted by molar-refractivity contribution is 6.35. The summed E-state index contributed by atoms with van der Waals surface area (Å²) in [5, 5.41) is 11.8. The fourth-order valence-electron chi connectivity index (χ4n) is 3.90. The molecule has 0 aliphatic carbocycles. The number of carbonyl (C=O) groups is 1. The van der Waals surface area contributed by atoms with Crippen LogP contribution in [0.4, 0.5) is 5.69 Å². The van der Waals surface area contributed by atoms with E-state index in [1.54, 1.807) is 42.5 Å². The highest BCUT2D eigenvalue weighted by atomic mass is 35.5. The Balaban J connectivity index is 1.22. The summed E-state index contributed by atoms with van der Waals surface area (Å²) in [5.74, 6) is 0.597. The van der Waals surface area contributed by atoms with Gasteiger partial charge in [-0.1, -0.05) is 53.5 Å². The molecule has 1 saturated heterocycles. The van der Waals surface area contributed by atoms with Crippen molar-refractivity contribution in [3.63, 3.8) is 0 Å². The van der Waals surface area contributed by atoms with Gasteiger partial charge in [0.15, 0.2) is 5.78 Å². The summed E-state index contributed by atoms with van der Waals surface area (Å²) < 4.78 is 5.74. The molecular weight excluding hydrogens is 459 g/mol. The van der Waals surface area contributed by atoms with E-state index < -0.39 is 6.10 Å². The fraction of sp³-hybridized carbons (Fsp3) is 0.269. The maximum Gasteiger partial charge on any atom is 0.193 e. The Labute approximate surface area is 204 Å². The van der Waals surface area contributed by atoms with Crippen LogP contribution in [0.15, 0.2) is 72.8 Å². The van der Waals surface area contributed by atoms with E-state index in [9.17, 15) is 9.90 Å². The van der Waals surface area contributed by atoms with E-state index in [4.69, 9.17) is 27.9 Å². The first-order valence-corrected chi connectivity index (χ1v) is 11.7. The number of nitrogens with zero attached hydrogens (tertiary/aromatic N) is 2. The maximum atomic E-state index is 12.5. The Morgan fingerprint density at radius 2 is 1.58 bits per heavy atom. The standard InChI is InChI=1S/C26H26Cl2N2O3/c27-21-8-11-24(28)25(16-21)30-14-12-29(13-15-30)17-22(31)18-33-23-9-6-20(7-10-23)26(32)19-4-2-1-3-5-19/h1-11,16,22,31H,12-15,17-18H2/t22-/m0/s1. The second-order valence-electron chi connectivity index (χ2n) is 8.07. The molecule has 4 rings (SSSR count). The van der Waals surface area contributed by atoms with Crippen LogP contribution >= 0.6 is 23.2 Å². The van der Waals surface area contributed by atoms with Crippen LogP contribution in [-0.4, -0.2) is 61.2 Å². The van der Waals surface area contributed by atoms with Crippen molar-refractivity contribution in [3.8, 4) is 5.75 Å². The zero-order valence-electron chi connectivity index (χ0n) is 18.2. The van der Waals surface area contributed by atoms with E-state index >= 15 is 0 Å². The molecule has 5 nitrogen and oxygen atoms in total. The van der Waals surface area contributed by atoms with Crippen molar-refractivity contribution in [2.45, 2.75) is 6.10 Å². The molecule has 0 unspecified atom stereocenters. The Bertz CT molecular complexity index is 1070. The van der Waals surface area contributed by atoms with Gasteiger partial charge in [-0.3, -0.25) is 9.69 Å². The topological polar surface area (TPSA) is 53.0 Å². The number of β-amino-alcohol motifs (C(OH)–C–C–N with tert-alkyl or cyclic N) is 1. The quantitative estimate of drug-likeness (QED) is 0.466. The first-order chi connectivity index (χ1) is 16.0. The average Bonchev–Trinajstić information content (AvgIpc) is 2.85. The van der Waals surface area contributed by atoms with Crippen LogP contribution in [0.3, 0.4) is 0 Å². The molecule has 1 atom stereocenters. The number of carbonyl (C=O) groups excluding carboxylic acids is 1. The average molecular weight is 485 g/mol. The van der Waals surface area contributed by atoms with Crippen LogP contribution in [0.2, 0.25) is 10.0 Å². The molecule has 0 aromatic heterocycles. The highest BCUT2D eigenvalue weighted by Gasteiger charge is 2.21. The SMILES string of the molecule is O=C(c1ccccc1)c1ccc(OC[C@@H](O)CN2CCN(c3cc(Cl)ccc3Cl)CC2)cc1. The molecule has 1 aliphatic rings. The number of anilines is 1. The highest BCUT2D eigenvalue weighted by Crippen LogP contribution is 2.29. The second kappa shape index (κ2) is 11.0. The van der Waals surface area contributed by atoms with Gasteiger partial charge in [0.05, 0.1) is 10.7 Å². The summed E-state index contributed by atoms with van der Waals surface area (Å²) in [5.41, 5.74) is 2.20. The third-order valence-corrected chi connectivity index (χ3v) is 6.24. The molecule has 7 heteroatoms. The van der Waals surface area contributed by atoms with Crippen molar-refractivity contribution < 1.29 is 14.6 Å². The van der Waals surface area contributed by atoms with Gasteiger partial charge >= 0.3 is 0 Å². The molecule has 3 aromatic carbocycles. The molecule has 0 bridgehead atoms. The van der Waals surface area contributed by atoms with Crippen molar-refractivity contribution in [2.75, 3.05) is 44.2 Å². The van der Waals surface area contributed by atoms with Gasteiger partial charge in [0.2, 0.25) is 0 Å². The maximum absolute atomic E-state index is 12.5. The molecule has 0 radical (unpaired) electrons. The van der Waals surface area contributed by atoms with Gasteiger partial charge in [-0.15, -0.1) is 0 Å². The minimum absolute atomic E-state index is 0.0274. The van der Waals surface area contributed by atoms with E-state index in [1.807, 2.05) is 30.3 Å². The number of piperazine rings is 1. The predicted molar refractivity (Wildman–Crippen MR) is 133 cm³/mol. The molecule has 33 heavy (non-hydrogen) atoms. The van der Waals surface area contributed by atoms with E-state index in [0.717, 1.165) is 31.9 Å². The summed E-state index contributed by atoms with van der Waals surface area (Å²) in [6.45, 7) is 3.97. The first-order valence-electron chi connectivity index (χ1n) is 10.9. The molecule has 0 saturated carbocycles. The lowest BCUT2D eigenvalue weighted by Gasteiger charge is -2.37. The number of hydrogen-bond acceptors (Lipinski definition) is 5. The number of halogens is 2. The van der Waals surface area contributed by atoms with Crippen molar-refractivity contribution >= 4 is 34.7 Å². The number of ether oxygens (including phenoxy) is 1. The molecule has 0 amide bonds. The summed E-state index contributed by atoms with van der Waals surface area (Å²) in [4.78, 5) is 16.9. The Kier molecular flexibility index (Phi) is 7.89. The third kappa shape index (κ3) is 6.27. The molecule has 3 aromatic rings. The number of hydrogen-bond donors (Lipinski definition) is 1. The molecular formula is C26H26Cl2N2O3. The van der Waals surface area contributed by atoms with Gasteiger partial charge in [0.1, 0.15) is 18.5 Å². The van der Waals surface area contributed by atoms with Gasteiger partial charge < -0.3 is 14.7 Å². The number of ketones is 1. The van der Waals surface area contributed by atoms with Gasteiger partial charge in [-0.05, 0) is 42.5 Å². The van der Waals surface area contributed by atoms with Crippen LogP contribution in [0.25, 0.3) is 0 Å². The largest absolute Gasteiger partial charge is 0.491 e. The smallest absolute Gasteiger partial charge is 0.193 e. The second-order valence-corrected chi connectivity index (χ2v) is 8.91. The van der Waals surface area contributed by atoms with Crippen molar-refractivity contribution in [1.29, 1.82) is 0 Å². The predicted octanol–water partition coefficient (Wildman–Crippen LogP) is 4.79. The number of aliphatic hydroxyl groups excluding tert-OH is 1. The Morgan fingerprint density at radius 1 is 0.909 bits per heavy atom. The normalized spacial score (nSPS) is 15.3. The first kappa shape index (κ1) is 23.6. The molecule has 1 fully saturated rings. The van der Waals surface area contributed by atoms with Crippen LogP contribution in [0.1, 0.15) is 15.9 Å². The van der Waals surface area contributed by atoms with Crippen LogP contribution in [0, 0.1) is 0 Å². The van der Waals surface area contributed by atoms with Crippen molar-refractivity contribution in [1.82, 2.24) is 4.90 Å². The molecule has 1 aliphatic heterocycles. The van der Waals surface area contributed by atoms with Crippen molar-refractivity contribution in [2.24, 2.45) is 0 Å². The van der Waals surface area contributed by atoms with Crippen LogP contribution in [0.5, 0.6) is 5.75 Å². The van der Waals surface area contributed by atoms with E-state index in [0.29, 0.717) is 33.5 Å². The van der Waals surface area contributed by atoms with Gasteiger partial charge in [-0.25, -0.2) is 0 Å². The zero-order valence-corrected chi connectivity index (χ0v) is 19.7. The number of aliphatic hydroxyl groups is 1. The summed E-state index contributed by atoms with van der Waals surface area (Å²) in [6, 6.07) is 21.7. The summed E-state index contributed by atoms with van der Waals surface area (Å²) >= 11 is 12.4. The van der Waals surface area contributed by atoms with Gasteiger partial charge in [0, 0.05) is 48.9 Å². The lowest BCUT2D eigenvalue weighted by atomic mass is 10.0. The number of benzene rings is 3. The lowest BCUT2D eigenvalue weighted by Crippen LogP contribution is -2.49. The van der Waals surface area contributed by atoms with E-state index in [-0.39, 0.29) is 12.4 Å². The Morgan fingerprint density at radius 3 is 2.27 bits per heavy atom. The third-order valence-electron chi connectivity index (χ3n) is 5.68. The molecule has 1 N–H and O–H groups in total. The van der Waals surface area contributed by atoms with Crippen molar-refractivity contribution in [3.05, 3.63) is 94.0 Å².